The van der Waals surface area contributed by atoms with Gasteiger partial charge in [-0.25, -0.2) is 39.7 Å². The Morgan fingerprint density at radius 3 is 1.49 bits per heavy atom. The number of aromatic nitrogens is 14. The Morgan fingerprint density at radius 2 is 0.968 bits per heavy atom. The van der Waals surface area contributed by atoms with Gasteiger partial charge < -0.3 is 20.9 Å². The number of hydrogen-bond donors (Lipinski definition) is 4. The topological polar surface area (TPSA) is 190 Å². The van der Waals surface area contributed by atoms with Gasteiger partial charge in [-0.15, -0.1) is 0 Å². The smallest absolute Gasteiger partial charge is 0.205 e. The summed E-state index contributed by atoms with van der Waals surface area (Å²) in [6, 6.07) is 35.6. The molecule has 0 saturated heterocycles. The van der Waals surface area contributed by atoms with Crippen molar-refractivity contribution in [2.75, 3.05) is 35.6 Å². The van der Waals surface area contributed by atoms with Gasteiger partial charge in [0.05, 0.1) is 29.9 Å². The molecule has 11 heterocycles. The summed E-state index contributed by atoms with van der Waals surface area (Å²) >= 11 is 0. The highest BCUT2D eigenvalue weighted by molar-refractivity contribution is 5.83. The predicted octanol–water partition coefficient (Wildman–Crippen LogP) is 17.1. The first-order valence-electron chi connectivity index (χ1n) is 33.1. The first kappa shape index (κ1) is 64.1. The second-order valence-corrected chi connectivity index (χ2v) is 24.7. The van der Waals surface area contributed by atoms with Crippen LogP contribution in [0.4, 0.5) is 23.1 Å². The lowest BCUT2D eigenvalue weighted by molar-refractivity contribution is 0.700. The molecule has 95 heavy (non-hydrogen) atoms. The summed E-state index contributed by atoms with van der Waals surface area (Å²) in [6.45, 7) is 29.1. The highest BCUT2D eigenvalue weighted by Crippen LogP contribution is 2.32. The molecule has 0 aliphatic rings. The second kappa shape index (κ2) is 29.3. The van der Waals surface area contributed by atoms with E-state index in [4.69, 9.17) is 31.5 Å². The zero-order chi connectivity index (χ0) is 66.0. The fourth-order valence-electron chi connectivity index (χ4n) is 11.8. The van der Waals surface area contributed by atoms with Crippen LogP contribution in [0.2, 0.25) is 0 Å². The number of aromatic amines is 1. The number of fused-ring (bicyclic) bond motifs is 5. The molecule has 14 rings (SSSR count). The molecule has 4 N–H and O–H groups in total. The van der Waals surface area contributed by atoms with Crippen LogP contribution < -0.4 is 16.0 Å². The number of nitrogens with one attached hydrogen (secondary N) is 4. The van der Waals surface area contributed by atoms with E-state index in [1.165, 1.54) is 50.1 Å². The zero-order valence-corrected chi connectivity index (χ0v) is 55.7. The Balaban J connectivity index is 0.000000137. The van der Waals surface area contributed by atoms with Crippen molar-refractivity contribution in [3.05, 3.63) is 246 Å². The molecular formula is C77H82N18. The number of para-hydroxylation sites is 1. The number of H-pyrrole nitrogens is 1. The molecule has 3 unspecified atom stereocenters. The third kappa shape index (κ3) is 14.4. The minimum Gasteiger partial charge on any atom is -0.367 e. The maximum absolute atomic E-state index is 7.29. The van der Waals surface area contributed by atoms with Crippen LogP contribution in [0.3, 0.4) is 0 Å². The normalized spacial score (nSPS) is 12.3. The van der Waals surface area contributed by atoms with Gasteiger partial charge in [0.2, 0.25) is 5.69 Å². The van der Waals surface area contributed by atoms with Crippen LogP contribution in [0.5, 0.6) is 0 Å². The second-order valence-electron chi connectivity index (χ2n) is 24.7. The van der Waals surface area contributed by atoms with Crippen LogP contribution in [-0.2, 0) is 19.3 Å². The van der Waals surface area contributed by atoms with Gasteiger partial charge in [0.15, 0.2) is 34.4 Å². The highest BCUT2D eigenvalue weighted by atomic mass is 15.1. The largest absolute Gasteiger partial charge is 0.367 e. The molecule has 0 bridgehead atoms. The summed E-state index contributed by atoms with van der Waals surface area (Å²) in [5.41, 5.74) is 21.5. The molecule has 11 aromatic heterocycles. The number of aryl methyl sites for hydroxylation is 3. The van der Waals surface area contributed by atoms with Gasteiger partial charge in [-0.05, 0) is 130 Å². The quantitative estimate of drug-likeness (QED) is 0.0499. The van der Waals surface area contributed by atoms with Crippen LogP contribution >= 0.6 is 0 Å². The summed E-state index contributed by atoms with van der Waals surface area (Å²) in [4.78, 5) is 48.9. The third-order valence-electron chi connectivity index (χ3n) is 17.9. The van der Waals surface area contributed by atoms with Gasteiger partial charge in [0, 0.05) is 133 Å². The number of benzene rings is 3. The number of pyridine rings is 3. The number of rotatable bonds is 21. The van der Waals surface area contributed by atoms with E-state index in [2.05, 4.69) is 223 Å². The molecule has 480 valence electrons. The van der Waals surface area contributed by atoms with E-state index in [0.717, 1.165) is 143 Å². The first-order chi connectivity index (χ1) is 46.4. The summed E-state index contributed by atoms with van der Waals surface area (Å²) in [6.07, 6.45) is 31.0. The molecule has 0 aliphatic heterocycles. The van der Waals surface area contributed by atoms with Gasteiger partial charge in [-0.2, -0.15) is 0 Å². The van der Waals surface area contributed by atoms with Crippen molar-refractivity contribution in [2.45, 2.75) is 119 Å². The Hall–Kier alpha value is -11.1. The third-order valence-corrected chi connectivity index (χ3v) is 17.9. The maximum Gasteiger partial charge on any atom is 0.205 e. The van der Waals surface area contributed by atoms with Crippen molar-refractivity contribution in [1.29, 1.82) is 0 Å². The lowest BCUT2D eigenvalue weighted by atomic mass is 10.1. The van der Waals surface area contributed by atoms with E-state index < -0.39 is 0 Å². The maximum atomic E-state index is 7.29. The van der Waals surface area contributed by atoms with E-state index in [1.54, 1.807) is 12.4 Å². The fraction of sp³-hybridized carbons (Fsp3) is 0.273. The van der Waals surface area contributed by atoms with Gasteiger partial charge in [0.25, 0.3) is 0 Å². The zero-order valence-electron chi connectivity index (χ0n) is 55.7. The van der Waals surface area contributed by atoms with Crippen molar-refractivity contribution < 1.29 is 0 Å². The van der Waals surface area contributed by atoms with E-state index >= 15 is 0 Å². The van der Waals surface area contributed by atoms with Gasteiger partial charge >= 0.3 is 0 Å². The Labute approximate surface area is 555 Å². The van der Waals surface area contributed by atoms with E-state index in [-0.39, 0.29) is 0 Å². The van der Waals surface area contributed by atoms with Crippen molar-refractivity contribution in [2.24, 2.45) is 0 Å². The Bertz CT molecular complexity index is 4960. The average Bonchev–Trinajstić information content (AvgIpc) is 1.68. The van der Waals surface area contributed by atoms with Gasteiger partial charge in [-0.1, -0.05) is 125 Å². The lowest BCUT2D eigenvalue weighted by Gasteiger charge is -2.13. The molecule has 0 radical (unpaired) electrons. The summed E-state index contributed by atoms with van der Waals surface area (Å²) in [5, 5.41) is 11.9. The molecule has 0 fully saturated rings. The summed E-state index contributed by atoms with van der Waals surface area (Å²) < 4.78 is 8.57. The number of hydrogen-bond acceptors (Lipinski definition) is 12. The SMILES string of the molecule is CCC(C)c1cnc2c(NCCc3c[nH]c4ccccc34)nc(-c3cnc4ccccn34)cn12.CCC(C)c1cnc2c(NCCc3ccc(C)cc3)nc(-c3cncc(C)c3)cn12.[C-]#[N+]c1cncc(-c2cn3c(C(C)CC)cnc3c(NCCc3ccc(C)cc3)n2)c1. The molecule has 3 atom stereocenters. The van der Waals surface area contributed by atoms with Crippen LogP contribution in [0.1, 0.15) is 129 Å². The van der Waals surface area contributed by atoms with E-state index in [0.29, 0.717) is 23.4 Å². The lowest BCUT2D eigenvalue weighted by Crippen LogP contribution is -2.10. The summed E-state index contributed by atoms with van der Waals surface area (Å²) in [5.74, 6) is 3.54. The Kier molecular flexibility index (Phi) is 19.7. The molecule has 0 aliphatic carbocycles. The molecule has 14 aromatic rings. The van der Waals surface area contributed by atoms with Crippen molar-refractivity contribution in [3.63, 3.8) is 0 Å². The van der Waals surface area contributed by atoms with E-state index in [9.17, 15) is 0 Å². The monoisotopic (exact) mass is 1260 g/mol. The van der Waals surface area contributed by atoms with Gasteiger partial charge in [-0.3, -0.25) is 27.6 Å². The first-order valence-corrected chi connectivity index (χ1v) is 33.1. The average molecular weight is 1260 g/mol. The number of nitrogens with zero attached hydrogens (tertiary/aromatic N) is 14. The number of imidazole rings is 4. The van der Waals surface area contributed by atoms with Crippen molar-refractivity contribution in [1.82, 2.24) is 67.4 Å². The molecule has 18 heteroatoms. The van der Waals surface area contributed by atoms with Crippen LogP contribution in [-0.4, -0.2) is 87.1 Å². The fourth-order valence-corrected chi connectivity index (χ4v) is 11.8. The molecule has 0 spiro atoms. The Morgan fingerprint density at radius 1 is 0.484 bits per heavy atom. The highest BCUT2D eigenvalue weighted by Gasteiger charge is 2.21. The van der Waals surface area contributed by atoms with Gasteiger partial charge in [0.1, 0.15) is 11.3 Å². The van der Waals surface area contributed by atoms with Crippen molar-refractivity contribution in [3.8, 4) is 33.9 Å². The predicted molar refractivity (Wildman–Crippen MR) is 384 cm³/mol. The molecule has 3 aromatic carbocycles. The minimum absolute atomic E-state index is 0.373. The van der Waals surface area contributed by atoms with Crippen molar-refractivity contribution >= 4 is 56.6 Å². The summed E-state index contributed by atoms with van der Waals surface area (Å²) in [7, 11) is 0. The minimum atomic E-state index is 0.373. The molecule has 18 nitrogen and oxygen atoms in total. The van der Waals surface area contributed by atoms with Crippen LogP contribution in [0.25, 0.3) is 72.2 Å². The standard InChI is InChI=1S/C27H27N7.C25H26N6.C25H29N5/c1-3-18(2)23-15-31-27-26(28-12-11-19-14-29-21-9-5-4-8-20(19)21)32-22(17-34(23)27)24-16-30-25-10-6-7-13-33(24)25;1-5-18(3)23-15-29-25-24(28-11-10-19-8-6-17(2)7-9-19)30-22(16-31(23)25)20-12-21(26-4)14-27-13-20;1-5-19(4)23-15-28-25-24(27-11-10-20-8-6-17(2)7-9-20)29-22(16-30(23)25)21-12-18(3)13-26-14-21/h4-10,13-18,29H,3,11-12H2,1-2H3,(H,28,32);6-9,12-16,18H,5,10-11H2,1-3H3,(H,28,30);6-9,12-16,19H,5,10-11H2,1-4H3,(H,27,29). The van der Waals surface area contributed by atoms with E-state index in [1.807, 2.05) is 73.8 Å². The molecular weight excluding hydrogens is 1180 g/mol. The molecule has 0 amide bonds. The molecule has 0 saturated carbocycles. The van der Waals surface area contributed by atoms with Crippen LogP contribution in [0.15, 0.2) is 184 Å². The number of anilines is 3. The van der Waals surface area contributed by atoms with Crippen LogP contribution in [0, 0.1) is 27.3 Å².